The zero-order valence-corrected chi connectivity index (χ0v) is 73.2. The van der Waals surface area contributed by atoms with Crippen LogP contribution in [0.1, 0.15) is 208 Å². The van der Waals surface area contributed by atoms with Gasteiger partial charge in [-0.1, -0.05) is 494 Å². The van der Waals surface area contributed by atoms with Gasteiger partial charge in [0.2, 0.25) is 0 Å². The highest BCUT2D eigenvalue weighted by molar-refractivity contribution is 6.34. The van der Waals surface area contributed by atoms with E-state index in [9.17, 15) is 0 Å². The molecule has 0 amide bonds. The average molecular weight is 1440 g/mol. The van der Waals surface area contributed by atoms with Gasteiger partial charge in [-0.25, -0.2) is 0 Å². The maximum atomic E-state index is 2.27. The predicted octanol–water partition coefficient (Wildman–Crippen LogP) is 37.6. The van der Waals surface area contributed by atoms with Gasteiger partial charge in [0.05, 0.1) is 0 Å². The Labute approximate surface area is 660 Å². The molecule has 0 nitrogen and oxygen atoms in total. The zero-order chi connectivity index (χ0) is 82.0. The van der Waals surface area contributed by atoms with Crippen LogP contribution < -0.4 is 0 Å². The third-order valence-corrected chi connectivity index (χ3v) is 15.4. The van der Waals surface area contributed by atoms with Crippen molar-refractivity contribution in [3.05, 3.63) is 328 Å². The molecule has 0 saturated heterocycles. The molecular formula is C108H144. The summed E-state index contributed by atoms with van der Waals surface area (Å²) in [6, 6.07) is 91.9. The van der Waals surface area contributed by atoms with Crippen molar-refractivity contribution in [3.8, 4) is 0 Å². The summed E-state index contributed by atoms with van der Waals surface area (Å²) in [7, 11) is 0. The number of hydrogen-bond acceptors (Lipinski definition) is 0. The summed E-state index contributed by atoms with van der Waals surface area (Å²) in [5.74, 6) is 0. The molecule has 0 atom stereocenters. The molecule has 15 rings (SSSR count). The van der Waals surface area contributed by atoms with Crippen LogP contribution in [0.2, 0.25) is 0 Å². The van der Waals surface area contributed by atoms with Crippen molar-refractivity contribution in [2.45, 2.75) is 208 Å². The molecule has 0 aromatic heterocycles. The fourth-order valence-corrected chi connectivity index (χ4v) is 11.7. The van der Waals surface area contributed by atoms with Gasteiger partial charge < -0.3 is 0 Å². The minimum absolute atomic E-state index is 1.30. The SMILES string of the molecule is C/C=C\C=C/C.C/C=C\C=C/C.C/C=C\C=C/C.CC.CC.CC.CC.CC.CC.CC.CC.CC.CC.CC.CC.c1ccc2c(c1)ccc1c3ccccc3c3ccccc3c21.c1ccc2c(c1)ccc1c3ccccc3c3ccccc3c21.c1ccc2c(c1)ccc1c3ccccc3c3ccccc3c21. The summed E-state index contributed by atoms with van der Waals surface area (Å²) in [6.07, 6.45) is 24.0. The standard InChI is InChI=1S/3C22H14.3C6H10.12C2H6/c3*1-2-8-16-15(7-1)13-14-21-19-11-4-3-9-17(19)18-10-5-6-12-20(18)22(16)21;3*1-3-5-6-4-2;12*1-2/h3*1-14H;3*3-6H,1-2H3;12*1-2H3/b;;;3*5-3-,6-4-;;;;;;;;;;;;. The Hall–Kier alpha value is -10.1. The molecule has 0 fully saturated rings. The summed E-state index contributed by atoms with van der Waals surface area (Å²) in [4.78, 5) is 0. The Morgan fingerprint density at radius 2 is 0.231 bits per heavy atom. The molecule has 15 aromatic carbocycles. The Kier molecular flexibility index (Phi) is 62.6. The normalized spacial score (nSPS) is 9.72. The Morgan fingerprint density at radius 1 is 0.120 bits per heavy atom. The van der Waals surface area contributed by atoms with Crippen molar-refractivity contribution in [3.63, 3.8) is 0 Å². The molecule has 0 heteroatoms. The van der Waals surface area contributed by atoms with Gasteiger partial charge in [0.15, 0.2) is 0 Å². The lowest BCUT2D eigenvalue weighted by Gasteiger charge is -2.12. The molecule has 0 unspecified atom stereocenters. The first-order chi connectivity index (χ1) is 53.5. The summed E-state index contributed by atoms with van der Waals surface area (Å²) in [5, 5.41) is 32.1. The van der Waals surface area contributed by atoms with E-state index >= 15 is 0 Å². The minimum atomic E-state index is 1.30. The van der Waals surface area contributed by atoms with Gasteiger partial charge in [-0.15, -0.1) is 0 Å². The Bertz CT molecular complexity index is 4300. The largest absolute Gasteiger partial charge is 0.0877 e. The van der Waals surface area contributed by atoms with Crippen LogP contribution in [0.25, 0.3) is 129 Å². The maximum absolute atomic E-state index is 2.27. The van der Waals surface area contributed by atoms with Gasteiger partial charge >= 0.3 is 0 Å². The summed E-state index contributed by atoms with van der Waals surface area (Å²) < 4.78 is 0. The second kappa shape index (κ2) is 66.3. The molecular weight excluding hydrogens is 1300 g/mol. The van der Waals surface area contributed by atoms with E-state index in [2.05, 4.69) is 255 Å². The van der Waals surface area contributed by atoms with Crippen molar-refractivity contribution in [1.82, 2.24) is 0 Å². The molecule has 0 aliphatic carbocycles. The lowest BCUT2D eigenvalue weighted by molar-refractivity contribution is 1.50. The number of rotatable bonds is 3. The van der Waals surface area contributed by atoms with Crippen molar-refractivity contribution in [2.24, 2.45) is 0 Å². The summed E-state index contributed by atoms with van der Waals surface area (Å²) in [6.45, 7) is 60.0. The highest BCUT2D eigenvalue weighted by atomic mass is 14.2. The second-order valence-electron chi connectivity index (χ2n) is 20.6. The average Bonchev–Trinajstić information content (AvgIpc) is 0.750. The summed E-state index contributed by atoms with van der Waals surface area (Å²) >= 11 is 0. The predicted molar refractivity (Wildman–Crippen MR) is 514 cm³/mol. The van der Waals surface area contributed by atoms with E-state index < -0.39 is 0 Å². The molecule has 0 N–H and O–H groups in total. The van der Waals surface area contributed by atoms with Gasteiger partial charge in [-0.2, -0.15) is 0 Å². The first kappa shape index (κ1) is 102. The lowest BCUT2D eigenvalue weighted by atomic mass is 9.91. The van der Waals surface area contributed by atoms with Crippen LogP contribution in [0.4, 0.5) is 0 Å². The quantitative estimate of drug-likeness (QED) is 0.122. The monoisotopic (exact) mass is 1440 g/mol. The van der Waals surface area contributed by atoms with Crippen LogP contribution in [0.5, 0.6) is 0 Å². The van der Waals surface area contributed by atoms with E-state index in [-0.39, 0.29) is 0 Å². The van der Waals surface area contributed by atoms with E-state index in [0.29, 0.717) is 0 Å². The van der Waals surface area contributed by atoms with Crippen LogP contribution in [0.3, 0.4) is 0 Å². The maximum Gasteiger partial charge on any atom is -0.00204 e. The topological polar surface area (TPSA) is 0 Å². The van der Waals surface area contributed by atoms with Gasteiger partial charge in [-0.3, -0.25) is 0 Å². The van der Waals surface area contributed by atoms with E-state index in [1.54, 1.807) is 0 Å². The second-order valence-corrected chi connectivity index (χ2v) is 20.6. The Balaban J connectivity index is -0.00000123. The smallest absolute Gasteiger partial charge is 0.00204 e. The van der Waals surface area contributed by atoms with Crippen LogP contribution in [-0.4, -0.2) is 0 Å². The third kappa shape index (κ3) is 28.9. The van der Waals surface area contributed by atoms with Crippen molar-refractivity contribution in [2.75, 3.05) is 0 Å². The van der Waals surface area contributed by atoms with Crippen molar-refractivity contribution < 1.29 is 0 Å². The Morgan fingerprint density at radius 3 is 0.380 bits per heavy atom. The fourth-order valence-electron chi connectivity index (χ4n) is 11.7. The van der Waals surface area contributed by atoms with E-state index in [4.69, 9.17) is 0 Å². The van der Waals surface area contributed by atoms with Gasteiger partial charge in [-0.05, 0) is 171 Å². The first-order valence-electron chi connectivity index (χ1n) is 41.4. The van der Waals surface area contributed by atoms with Gasteiger partial charge in [0.1, 0.15) is 0 Å². The minimum Gasteiger partial charge on any atom is -0.0877 e. The van der Waals surface area contributed by atoms with Crippen LogP contribution in [0.15, 0.2) is 328 Å². The fraction of sp³-hybridized carbons (Fsp3) is 0.278. The highest BCUT2D eigenvalue weighted by Crippen LogP contribution is 2.42. The molecule has 108 heavy (non-hydrogen) atoms. The molecule has 0 radical (unpaired) electrons. The van der Waals surface area contributed by atoms with Crippen molar-refractivity contribution >= 4 is 129 Å². The molecule has 0 heterocycles. The number of allylic oxidation sites excluding steroid dienone is 12. The van der Waals surface area contributed by atoms with Crippen LogP contribution in [0, 0.1) is 0 Å². The van der Waals surface area contributed by atoms with Crippen LogP contribution in [-0.2, 0) is 0 Å². The van der Waals surface area contributed by atoms with E-state index in [0.717, 1.165) is 0 Å². The van der Waals surface area contributed by atoms with E-state index in [1.165, 1.54) is 129 Å². The number of hydrogen-bond donors (Lipinski definition) is 0. The molecule has 576 valence electrons. The summed E-state index contributed by atoms with van der Waals surface area (Å²) in [5.41, 5.74) is 0. The van der Waals surface area contributed by atoms with E-state index in [1.807, 2.05) is 281 Å². The molecule has 0 aliphatic rings. The molecule has 0 spiro atoms. The first-order valence-corrected chi connectivity index (χ1v) is 41.4. The number of benzene rings is 15. The highest BCUT2D eigenvalue weighted by Gasteiger charge is 2.13. The molecule has 0 aliphatic heterocycles. The third-order valence-electron chi connectivity index (χ3n) is 15.4. The molecule has 0 saturated carbocycles. The number of fused-ring (bicyclic) bond motifs is 24. The molecule has 15 aromatic rings. The zero-order valence-electron chi connectivity index (χ0n) is 73.2. The van der Waals surface area contributed by atoms with Gasteiger partial charge in [0.25, 0.3) is 0 Å². The molecule has 0 bridgehead atoms. The van der Waals surface area contributed by atoms with Gasteiger partial charge in [0, 0.05) is 0 Å². The lowest BCUT2D eigenvalue weighted by Crippen LogP contribution is -1.84. The van der Waals surface area contributed by atoms with Crippen LogP contribution >= 0.6 is 0 Å². The van der Waals surface area contributed by atoms with Crippen molar-refractivity contribution in [1.29, 1.82) is 0 Å².